The molecule has 0 unspecified atom stereocenters. The Labute approximate surface area is 135 Å². The molecule has 0 radical (unpaired) electrons. The summed E-state index contributed by atoms with van der Waals surface area (Å²) in [6.07, 6.45) is 1.58. The van der Waals surface area contributed by atoms with Gasteiger partial charge in [0.05, 0.1) is 12.3 Å². The van der Waals surface area contributed by atoms with Crippen molar-refractivity contribution in [1.82, 2.24) is 16.0 Å². The van der Waals surface area contributed by atoms with Crippen molar-refractivity contribution >= 4 is 11.9 Å². The summed E-state index contributed by atoms with van der Waals surface area (Å²) in [5.41, 5.74) is 0.771. The van der Waals surface area contributed by atoms with Crippen molar-refractivity contribution < 1.29 is 14.0 Å². The fraction of sp³-hybridized carbons (Fsp3) is 0.294. The number of furan rings is 1. The summed E-state index contributed by atoms with van der Waals surface area (Å²) in [5, 5.41) is 8.09. The van der Waals surface area contributed by atoms with Crippen LogP contribution in [0.4, 0.5) is 4.79 Å². The molecule has 0 bridgehead atoms. The van der Waals surface area contributed by atoms with Gasteiger partial charge in [0.1, 0.15) is 11.8 Å². The maximum atomic E-state index is 12.5. The second-order valence-electron chi connectivity index (χ2n) is 5.10. The lowest BCUT2D eigenvalue weighted by atomic mass is 10.0. The first kappa shape index (κ1) is 16.8. The fourth-order valence-electron chi connectivity index (χ4n) is 2.23. The Hall–Kier alpha value is -2.60. The van der Waals surface area contributed by atoms with Crippen LogP contribution in [-0.2, 0) is 4.79 Å². The van der Waals surface area contributed by atoms with Crippen molar-refractivity contribution in [3.8, 4) is 0 Å². The van der Waals surface area contributed by atoms with E-state index in [-0.39, 0.29) is 6.04 Å². The van der Waals surface area contributed by atoms with Gasteiger partial charge >= 0.3 is 6.03 Å². The van der Waals surface area contributed by atoms with Crippen molar-refractivity contribution in [2.75, 3.05) is 6.54 Å². The van der Waals surface area contributed by atoms with Gasteiger partial charge in [-0.05, 0) is 31.5 Å². The topological polar surface area (TPSA) is 83.4 Å². The summed E-state index contributed by atoms with van der Waals surface area (Å²) in [4.78, 5) is 24.1. The van der Waals surface area contributed by atoms with Crippen molar-refractivity contribution in [3.05, 3.63) is 60.1 Å². The second-order valence-corrected chi connectivity index (χ2v) is 5.10. The Morgan fingerprint density at radius 2 is 1.87 bits per heavy atom. The molecular formula is C17H21N3O3. The van der Waals surface area contributed by atoms with Crippen LogP contribution in [0.15, 0.2) is 53.1 Å². The zero-order valence-electron chi connectivity index (χ0n) is 13.2. The Kier molecular flexibility index (Phi) is 5.94. The predicted octanol–water partition coefficient (Wildman–Crippen LogP) is 2.52. The number of urea groups is 1. The van der Waals surface area contributed by atoms with Gasteiger partial charge in [0.2, 0.25) is 5.91 Å². The first-order chi connectivity index (χ1) is 11.1. The van der Waals surface area contributed by atoms with E-state index in [0.29, 0.717) is 6.54 Å². The molecule has 23 heavy (non-hydrogen) atoms. The summed E-state index contributed by atoms with van der Waals surface area (Å²) >= 11 is 0. The minimum atomic E-state index is -0.668. The van der Waals surface area contributed by atoms with Crippen LogP contribution in [0.2, 0.25) is 0 Å². The third kappa shape index (κ3) is 4.69. The molecule has 0 fully saturated rings. The summed E-state index contributed by atoms with van der Waals surface area (Å²) in [5.74, 6) is 0.303. The normalized spacial score (nSPS) is 13.1. The van der Waals surface area contributed by atoms with E-state index in [2.05, 4.69) is 16.0 Å². The first-order valence-corrected chi connectivity index (χ1v) is 7.55. The molecular weight excluding hydrogens is 294 g/mol. The van der Waals surface area contributed by atoms with Gasteiger partial charge in [0, 0.05) is 6.54 Å². The molecule has 0 aliphatic heterocycles. The minimum Gasteiger partial charge on any atom is -0.468 e. The number of hydrogen-bond donors (Lipinski definition) is 3. The van der Waals surface area contributed by atoms with Crippen LogP contribution in [0, 0.1) is 0 Å². The zero-order valence-corrected chi connectivity index (χ0v) is 13.2. The van der Waals surface area contributed by atoms with Gasteiger partial charge in [0.15, 0.2) is 0 Å². The monoisotopic (exact) mass is 315 g/mol. The van der Waals surface area contributed by atoms with E-state index in [1.54, 1.807) is 19.3 Å². The summed E-state index contributed by atoms with van der Waals surface area (Å²) in [6.45, 7) is 4.13. The average Bonchev–Trinajstić information content (AvgIpc) is 3.07. The van der Waals surface area contributed by atoms with E-state index >= 15 is 0 Å². The van der Waals surface area contributed by atoms with Crippen LogP contribution in [0.3, 0.4) is 0 Å². The molecule has 0 aliphatic rings. The van der Waals surface area contributed by atoms with Gasteiger partial charge in [-0.25, -0.2) is 4.79 Å². The highest BCUT2D eigenvalue weighted by atomic mass is 16.3. The highest BCUT2D eigenvalue weighted by Crippen LogP contribution is 2.20. The quantitative estimate of drug-likeness (QED) is 0.765. The van der Waals surface area contributed by atoms with Crippen LogP contribution in [0.1, 0.15) is 37.3 Å². The number of benzene rings is 1. The standard InChI is InChI=1S/C17H21N3O3/c1-3-18-17(22)20-16(21)15(13-8-5-4-6-9-13)19-12(2)14-10-7-11-23-14/h4-12,15,19H,3H2,1-2H3,(H2,18,20,21,22)/t12-,15-/m1/s1. The molecule has 3 amide bonds. The van der Waals surface area contributed by atoms with Crippen molar-refractivity contribution in [3.63, 3.8) is 0 Å². The van der Waals surface area contributed by atoms with Crippen LogP contribution < -0.4 is 16.0 Å². The predicted molar refractivity (Wildman–Crippen MR) is 86.7 cm³/mol. The van der Waals surface area contributed by atoms with Gasteiger partial charge < -0.3 is 9.73 Å². The third-order valence-corrected chi connectivity index (χ3v) is 3.36. The number of hydrogen-bond acceptors (Lipinski definition) is 4. The number of nitrogens with one attached hydrogen (secondary N) is 3. The van der Waals surface area contributed by atoms with E-state index in [1.807, 2.05) is 43.3 Å². The van der Waals surface area contributed by atoms with Crippen LogP contribution >= 0.6 is 0 Å². The Morgan fingerprint density at radius 1 is 1.13 bits per heavy atom. The number of imide groups is 1. The van der Waals surface area contributed by atoms with E-state index in [4.69, 9.17) is 4.42 Å². The number of carbonyl (C=O) groups excluding carboxylic acids is 2. The van der Waals surface area contributed by atoms with Crippen LogP contribution in [0.5, 0.6) is 0 Å². The Bertz CT molecular complexity index is 626. The molecule has 0 saturated heterocycles. The molecule has 1 aromatic heterocycles. The molecule has 2 rings (SSSR count). The molecule has 2 atom stereocenters. The minimum absolute atomic E-state index is 0.185. The lowest BCUT2D eigenvalue weighted by Gasteiger charge is -2.22. The largest absolute Gasteiger partial charge is 0.468 e. The molecule has 0 saturated carbocycles. The molecule has 0 spiro atoms. The molecule has 1 aromatic carbocycles. The average molecular weight is 315 g/mol. The summed E-state index contributed by atoms with van der Waals surface area (Å²) < 4.78 is 5.36. The number of amides is 3. The van der Waals surface area contributed by atoms with E-state index in [1.165, 1.54) is 0 Å². The second kappa shape index (κ2) is 8.14. The molecule has 6 heteroatoms. The van der Waals surface area contributed by atoms with E-state index in [0.717, 1.165) is 11.3 Å². The van der Waals surface area contributed by atoms with Crippen LogP contribution in [-0.4, -0.2) is 18.5 Å². The number of rotatable bonds is 6. The lowest BCUT2D eigenvalue weighted by Crippen LogP contribution is -2.45. The molecule has 3 N–H and O–H groups in total. The van der Waals surface area contributed by atoms with Crippen molar-refractivity contribution in [1.29, 1.82) is 0 Å². The third-order valence-electron chi connectivity index (χ3n) is 3.36. The number of carbonyl (C=O) groups is 2. The van der Waals surface area contributed by atoms with Gasteiger partial charge in [-0.3, -0.25) is 15.4 Å². The van der Waals surface area contributed by atoms with Gasteiger partial charge in [-0.2, -0.15) is 0 Å². The molecule has 1 heterocycles. The van der Waals surface area contributed by atoms with E-state index < -0.39 is 18.0 Å². The van der Waals surface area contributed by atoms with Gasteiger partial charge in [-0.15, -0.1) is 0 Å². The highest BCUT2D eigenvalue weighted by Gasteiger charge is 2.25. The van der Waals surface area contributed by atoms with Crippen molar-refractivity contribution in [2.45, 2.75) is 25.9 Å². The lowest BCUT2D eigenvalue weighted by molar-refractivity contribution is -0.122. The maximum absolute atomic E-state index is 12.5. The molecule has 0 aliphatic carbocycles. The first-order valence-electron chi connectivity index (χ1n) is 7.55. The van der Waals surface area contributed by atoms with Crippen LogP contribution in [0.25, 0.3) is 0 Å². The summed E-state index contributed by atoms with van der Waals surface area (Å²) in [7, 11) is 0. The Balaban J connectivity index is 2.15. The van der Waals surface area contributed by atoms with E-state index in [9.17, 15) is 9.59 Å². The fourth-order valence-corrected chi connectivity index (χ4v) is 2.23. The maximum Gasteiger partial charge on any atom is 0.321 e. The smallest absolute Gasteiger partial charge is 0.321 e. The summed E-state index contributed by atoms with van der Waals surface area (Å²) in [6, 6.07) is 11.5. The van der Waals surface area contributed by atoms with Gasteiger partial charge in [0.25, 0.3) is 0 Å². The molecule has 2 aromatic rings. The van der Waals surface area contributed by atoms with Crippen molar-refractivity contribution in [2.24, 2.45) is 0 Å². The Morgan fingerprint density at radius 3 is 2.48 bits per heavy atom. The SMILES string of the molecule is CCNC(=O)NC(=O)[C@H](N[C@H](C)c1ccco1)c1ccccc1. The molecule has 6 nitrogen and oxygen atoms in total. The van der Waals surface area contributed by atoms with Gasteiger partial charge in [-0.1, -0.05) is 30.3 Å². The molecule has 122 valence electrons. The highest BCUT2D eigenvalue weighted by molar-refractivity contribution is 5.97. The zero-order chi connectivity index (χ0) is 16.7.